The van der Waals surface area contributed by atoms with Crippen LogP contribution in [0.2, 0.25) is 0 Å². The number of thiazole rings is 1. The first-order chi connectivity index (χ1) is 11.2. The molecule has 0 N–H and O–H groups in total. The van der Waals surface area contributed by atoms with Gasteiger partial charge in [-0.1, -0.05) is 39.3 Å². The highest BCUT2D eigenvalue weighted by Crippen LogP contribution is 2.22. The lowest BCUT2D eigenvalue weighted by atomic mass is 10.3. The fourth-order valence-corrected chi connectivity index (χ4v) is 4.25. The van der Waals surface area contributed by atoms with Crippen molar-refractivity contribution in [3.05, 3.63) is 55.9 Å². The molecule has 0 saturated heterocycles. The molecule has 23 heavy (non-hydrogen) atoms. The van der Waals surface area contributed by atoms with Gasteiger partial charge in [-0.25, -0.2) is 0 Å². The Morgan fingerprint density at radius 1 is 1.43 bits per heavy atom. The van der Waals surface area contributed by atoms with E-state index in [1.165, 1.54) is 17.4 Å². The summed E-state index contributed by atoms with van der Waals surface area (Å²) in [5.41, 5.74) is 0.977. The van der Waals surface area contributed by atoms with Crippen LogP contribution in [-0.4, -0.2) is 10.5 Å². The van der Waals surface area contributed by atoms with Gasteiger partial charge in [0.05, 0.1) is 16.8 Å². The number of benzene rings is 1. The summed E-state index contributed by atoms with van der Waals surface area (Å²) in [6, 6.07) is 9.81. The number of carbonyl (C=O) groups excluding carboxylic acids is 1. The summed E-state index contributed by atoms with van der Waals surface area (Å²) in [5.74, 6) is 2.32. The van der Waals surface area contributed by atoms with E-state index >= 15 is 0 Å². The number of nitrogens with zero attached hydrogens (tertiary/aromatic N) is 2. The monoisotopic (exact) mass is 402 g/mol. The van der Waals surface area contributed by atoms with Crippen LogP contribution in [0.1, 0.15) is 4.88 Å². The number of halogens is 1. The molecule has 3 aromatic rings. The highest BCUT2D eigenvalue weighted by Gasteiger charge is 2.06. The lowest BCUT2D eigenvalue weighted by Crippen LogP contribution is -2.15. The zero-order valence-corrected chi connectivity index (χ0v) is 15.1. The van der Waals surface area contributed by atoms with E-state index in [1.807, 2.05) is 40.3 Å². The van der Waals surface area contributed by atoms with Crippen LogP contribution < -0.4 is 4.80 Å². The predicted molar refractivity (Wildman–Crippen MR) is 100 cm³/mol. The second kappa shape index (κ2) is 7.09. The number of hydrogen-bond donors (Lipinski definition) is 0. The molecule has 0 unspecified atom stereocenters. The van der Waals surface area contributed by atoms with Gasteiger partial charge in [-0.3, -0.25) is 4.79 Å². The van der Waals surface area contributed by atoms with Crippen molar-refractivity contribution in [3.63, 3.8) is 0 Å². The fraction of sp³-hybridized carbons (Fsp3) is 0.0588. The van der Waals surface area contributed by atoms with Crippen LogP contribution in [-0.2, 0) is 11.3 Å². The maximum Gasteiger partial charge on any atom is 0.272 e. The van der Waals surface area contributed by atoms with Crippen LogP contribution in [0.4, 0.5) is 0 Å². The highest BCUT2D eigenvalue weighted by molar-refractivity contribution is 9.10. The van der Waals surface area contributed by atoms with E-state index in [-0.39, 0.29) is 5.91 Å². The zero-order valence-electron chi connectivity index (χ0n) is 11.9. The van der Waals surface area contributed by atoms with Crippen molar-refractivity contribution in [1.29, 1.82) is 0 Å². The summed E-state index contributed by atoms with van der Waals surface area (Å²) in [6.45, 7) is 0.377. The first kappa shape index (κ1) is 15.9. The molecule has 2 heterocycles. The number of terminal acetylenes is 1. The van der Waals surface area contributed by atoms with Crippen molar-refractivity contribution in [2.24, 2.45) is 4.99 Å². The van der Waals surface area contributed by atoms with Gasteiger partial charge in [-0.15, -0.1) is 17.8 Å². The largest absolute Gasteiger partial charge is 0.305 e. The minimum atomic E-state index is -0.296. The average Bonchev–Trinajstić information content (AvgIpc) is 3.14. The van der Waals surface area contributed by atoms with Gasteiger partial charge in [-0.2, -0.15) is 4.99 Å². The summed E-state index contributed by atoms with van der Waals surface area (Å²) in [6.07, 6.45) is 8.70. The second-order valence-electron chi connectivity index (χ2n) is 4.59. The van der Waals surface area contributed by atoms with Crippen LogP contribution in [0, 0.1) is 12.3 Å². The standard InChI is InChI=1S/C17H11BrN2OS2/c1-2-9-20-14-7-5-12(18)11-15(14)23-17(20)19-16(21)8-6-13-4-3-10-22-13/h1,3-8,10-11H,9H2. The minimum absolute atomic E-state index is 0.296. The minimum Gasteiger partial charge on any atom is -0.305 e. The third kappa shape index (κ3) is 3.70. The molecule has 2 aromatic heterocycles. The Morgan fingerprint density at radius 2 is 2.30 bits per heavy atom. The van der Waals surface area contributed by atoms with Gasteiger partial charge in [-0.05, 0) is 35.7 Å². The molecule has 0 atom stereocenters. The normalized spacial score (nSPS) is 12.1. The van der Waals surface area contributed by atoms with Crippen molar-refractivity contribution in [2.45, 2.75) is 6.54 Å². The third-order valence-corrected chi connectivity index (χ3v) is 5.41. The van der Waals surface area contributed by atoms with Crippen molar-refractivity contribution < 1.29 is 4.79 Å². The summed E-state index contributed by atoms with van der Waals surface area (Å²) in [5, 5.41) is 1.96. The smallest absolute Gasteiger partial charge is 0.272 e. The Balaban J connectivity index is 2.02. The van der Waals surface area contributed by atoms with E-state index in [1.54, 1.807) is 17.4 Å². The Hall–Kier alpha value is -1.94. The Morgan fingerprint density at radius 3 is 3.04 bits per heavy atom. The molecule has 0 radical (unpaired) electrons. The van der Waals surface area contributed by atoms with E-state index in [0.717, 1.165) is 19.6 Å². The number of rotatable bonds is 3. The molecule has 1 aromatic carbocycles. The summed E-state index contributed by atoms with van der Waals surface area (Å²) in [7, 11) is 0. The van der Waals surface area contributed by atoms with Crippen molar-refractivity contribution in [1.82, 2.24) is 4.57 Å². The molecule has 0 spiro atoms. The molecule has 1 amide bonds. The van der Waals surface area contributed by atoms with E-state index in [2.05, 4.69) is 26.8 Å². The molecule has 0 aliphatic carbocycles. The van der Waals surface area contributed by atoms with Gasteiger partial charge in [0, 0.05) is 15.4 Å². The van der Waals surface area contributed by atoms with Crippen molar-refractivity contribution in [2.75, 3.05) is 0 Å². The van der Waals surface area contributed by atoms with Gasteiger partial charge in [0.15, 0.2) is 4.80 Å². The van der Waals surface area contributed by atoms with E-state index < -0.39 is 0 Å². The Labute approximate surface area is 149 Å². The number of aromatic nitrogens is 1. The topological polar surface area (TPSA) is 34.4 Å². The van der Waals surface area contributed by atoms with Crippen LogP contribution in [0.5, 0.6) is 0 Å². The zero-order chi connectivity index (χ0) is 16.2. The first-order valence-corrected chi connectivity index (χ1v) is 9.19. The summed E-state index contributed by atoms with van der Waals surface area (Å²) >= 11 is 6.47. The number of carbonyl (C=O) groups is 1. The van der Waals surface area contributed by atoms with Gasteiger partial charge in [0.2, 0.25) is 0 Å². The van der Waals surface area contributed by atoms with Gasteiger partial charge >= 0.3 is 0 Å². The predicted octanol–water partition coefficient (Wildman–Crippen LogP) is 4.30. The quantitative estimate of drug-likeness (QED) is 0.474. The lowest BCUT2D eigenvalue weighted by molar-refractivity contribution is -0.113. The SMILES string of the molecule is C#CCn1c(=NC(=O)C=Cc2cccs2)sc2cc(Br)ccc21. The molecule has 0 aliphatic rings. The van der Waals surface area contributed by atoms with Crippen molar-refractivity contribution in [3.8, 4) is 12.3 Å². The molecule has 3 nitrogen and oxygen atoms in total. The van der Waals surface area contributed by atoms with E-state index in [0.29, 0.717) is 11.3 Å². The molecule has 0 aliphatic heterocycles. The molecule has 3 rings (SSSR count). The molecule has 114 valence electrons. The van der Waals surface area contributed by atoms with Crippen LogP contribution in [0.25, 0.3) is 16.3 Å². The van der Waals surface area contributed by atoms with Crippen LogP contribution in [0.3, 0.4) is 0 Å². The van der Waals surface area contributed by atoms with E-state index in [9.17, 15) is 4.79 Å². The maximum absolute atomic E-state index is 12.1. The van der Waals surface area contributed by atoms with Crippen LogP contribution in [0.15, 0.2) is 51.3 Å². The molecular weight excluding hydrogens is 392 g/mol. The molecular formula is C17H11BrN2OS2. The average molecular weight is 403 g/mol. The first-order valence-electron chi connectivity index (χ1n) is 6.70. The Kier molecular flexibility index (Phi) is 4.91. The van der Waals surface area contributed by atoms with Gasteiger partial charge in [0.25, 0.3) is 5.91 Å². The number of amides is 1. The number of hydrogen-bond acceptors (Lipinski definition) is 3. The van der Waals surface area contributed by atoms with E-state index in [4.69, 9.17) is 6.42 Å². The molecule has 0 saturated carbocycles. The molecule has 0 fully saturated rings. The Bertz CT molecular complexity index is 988. The number of thiophene rings is 1. The fourth-order valence-electron chi connectivity index (χ4n) is 2.05. The van der Waals surface area contributed by atoms with Gasteiger partial charge in [0.1, 0.15) is 0 Å². The third-order valence-electron chi connectivity index (χ3n) is 3.03. The molecule has 0 bridgehead atoms. The lowest BCUT2D eigenvalue weighted by Gasteiger charge is -1.99. The summed E-state index contributed by atoms with van der Waals surface area (Å²) in [4.78, 5) is 17.9. The second-order valence-corrected chi connectivity index (χ2v) is 7.49. The van der Waals surface area contributed by atoms with Crippen molar-refractivity contribution >= 4 is 60.8 Å². The number of fused-ring (bicyclic) bond motifs is 1. The summed E-state index contributed by atoms with van der Waals surface area (Å²) < 4.78 is 3.89. The highest BCUT2D eigenvalue weighted by atomic mass is 79.9. The molecule has 6 heteroatoms. The maximum atomic E-state index is 12.1. The van der Waals surface area contributed by atoms with Gasteiger partial charge < -0.3 is 4.57 Å². The van der Waals surface area contributed by atoms with Crippen LogP contribution >= 0.6 is 38.6 Å².